The van der Waals surface area contributed by atoms with Crippen LogP contribution in [-0.4, -0.2) is 21.3 Å². The molecule has 3 rings (SSSR count). The van der Waals surface area contributed by atoms with Crippen molar-refractivity contribution in [2.75, 3.05) is 7.11 Å². The number of hydrogen-bond acceptors (Lipinski definition) is 4. The number of methoxy groups -OCH3 is 1. The molecule has 0 bridgehead atoms. The molecule has 4 nitrogen and oxygen atoms in total. The van der Waals surface area contributed by atoms with Crippen molar-refractivity contribution in [3.8, 4) is 5.75 Å². The first-order valence-corrected chi connectivity index (χ1v) is 9.21. The van der Waals surface area contributed by atoms with Crippen molar-refractivity contribution < 1.29 is 17.9 Å². The average Bonchev–Trinajstić information content (AvgIpc) is 2.71. The molecule has 1 heterocycles. The van der Waals surface area contributed by atoms with Gasteiger partial charge in [-0.15, -0.1) is 0 Å². The molecule has 118 valence electrons. The second kappa shape index (κ2) is 5.88. The van der Waals surface area contributed by atoms with Gasteiger partial charge >= 0.3 is 0 Å². The molecule has 0 amide bonds. The predicted octanol–water partition coefficient (Wildman–Crippen LogP) is 3.36. The molecule has 0 saturated heterocycles. The van der Waals surface area contributed by atoms with Gasteiger partial charge in [0.05, 0.1) is 12.0 Å². The molecular formula is C17H20O4S. The summed E-state index contributed by atoms with van der Waals surface area (Å²) in [4.78, 5) is 12.9. The molecule has 1 aliphatic heterocycles. The molecule has 22 heavy (non-hydrogen) atoms. The zero-order chi connectivity index (χ0) is 15.7. The minimum Gasteiger partial charge on any atom is -0.497 e. The summed E-state index contributed by atoms with van der Waals surface area (Å²) >= 11 is 0. The second-order valence-corrected chi connectivity index (χ2v) is 7.86. The first kappa shape index (κ1) is 15.3. The monoisotopic (exact) mass is 320 g/mol. The Labute approximate surface area is 131 Å². The van der Waals surface area contributed by atoms with Crippen LogP contribution in [0.1, 0.15) is 44.1 Å². The fourth-order valence-corrected chi connectivity index (χ4v) is 4.94. The van der Waals surface area contributed by atoms with Crippen LogP contribution < -0.4 is 4.74 Å². The largest absolute Gasteiger partial charge is 0.497 e. The number of benzene rings is 1. The van der Waals surface area contributed by atoms with Crippen molar-refractivity contribution >= 4 is 21.7 Å². The number of fused-ring (bicyclic) bond motifs is 1. The number of hydrogen-bond donors (Lipinski definition) is 0. The molecule has 1 aromatic carbocycles. The summed E-state index contributed by atoms with van der Waals surface area (Å²) < 4.78 is 30.4. The first-order valence-electron chi connectivity index (χ1n) is 7.73. The van der Waals surface area contributed by atoms with E-state index >= 15 is 0 Å². The molecule has 0 aromatic heterocycles. The van der Waals surface area contributed by atoms with Crippen molar-refractivity contribution in [1.29, 1.82) is 0 Å². The van der Waals surface area contributed by atoms with E-state index in [4.69, 9.17) is 4.74 Å². The van der Waals surface area contributed by atoms with E-state index in [0.717, 1.165) is 38.5 Å². The number of carbonyl (C=O) groups excluding carboxylic acids is 1. The Balaban J connectivity index is 1.94. The molecule has 0 atom stereocenters. The van der Waals surface area contributed by atoms with Gasteiger partial charge in [-0.25, -0.2) is 8.42 Å². The van der Waals surface area contributed by atoms with E-state index in [2.05, 4.69) is 0 Å². The van der Waals surface area contributed by atoms with Gasteiger partial charge in [0.2, 0.25) is 9.84 Å². The van der Waals surface area contributed by atoms with Crippen LogP contribution in [-0.2, 0) is 14.6 Å². The van der Waals surface area contributed by atoms with Crippen molar-refractivity contribution in [3.05, 3.63) is 28.7 Å². The molecule has 5 heteroatoms. The highest BCUT2D eigenvalue weighted by atomic mass is 32.2. The van der Waals surface area contributed by atoms with E-state index in [1.165, 1.54) is 19.3 Å². The Morgan fingerprint density at radius 2 is 1.82 bits per heavy atom. The minimum absolute atomic E-state index is 0.0392. The lowest BCUT2D eigenvalue weighted by Gasteiger charge is -2.13. The maximum atomic E-state index is 12.7. The van der Waals surface area contributed by atoms with E-state index in [9.17, 15) is 13.2 Å². The molecular weight excluding hydrogens is 300 g/mol. The highest BCUT2D eigenvalue weighted by Crippen LogP contribution is 2.38. The fraction of sp³-hybridized carbons (Fsp3) is 0.471. The quantitative estimate of drug-likeness (QED) is 0.801. The summed E-state index contributed by atoms with van der Waals surface area (Å²) in [5, 5.41) is 0. The molecule has 1 aromatic rings. The number of Topliss-reactive ketones (excluding diaryl/α,β-unsaturated/α-hetero) is 1. The standard InChI is InChI=1S/C17H20O4S/c1-21-14-9-8-13-10-16(22(19,20)15(13)11-14)17(18)12-6-4-2-3-5-7-12/h8-12H,2-7H2,1H3. The summed E-state index contributed by atoms with van der Waals surface area (Å²) in [7, 11) is -2.21. The molecule has 0 unspecified atom stereocenters. The molecule has 1 saturated carbocycles. The van der Waals surface area contributed by atoms with E-state index in [-0.39, 0.29) is 21.5 Å². The fourth-order valence-electron chi connectivity index (χ4n) is 3.28. The van der Waals surface area contributed by atoms with E-state index in [1.54, 1.807) is 12.1 Å². The number of ketones is 1. The Hall–Kier alpha value is -1.62. The van der Waals surface area contributed by atoms with Gasteiger partial charge in [-0.1, -0.05) is 25.7 Å². The summed E-state index contributed by atoms with van der Waals surface area (Å²) in [5.41, 5.74) is 0.581. The summed E-state index contributed by atoms with van der Waals surface area (Å²) in [6, 6.07) is 4.90. The van der Waals surface area contributed by atoms with Crippen molar-refractivity contribution in [1.82, 2.24) is 0 Å². The van der Waals surface area contributed by atoms with Crippen molar-refractivity contribution in [2.45, 2.75) is 43.4 Å². The van der Waals surface area contributed by atoms with Crippen LogP contribution in [0.3, 0.4) is 0 Å². The maximum Gasteiger partial charge on any atom is 0.210 e. The predicted molar refractivity (Wildman–Crippen MR) is 84.4 cm³/mol. The van der Waals surface area contributed by atoms with Gasteiger partial charge in [0, 0.05) is 5.92 Å². The summed E-state index contributed by atoms with van der Waals surface area (Å²) in [5.74, 6) is 0.121. The number of carbonyl (C=O) groups is 1. The maximum absolute atomic E-state index is 12.7. The number of allylic oxidation sites excluding steroid dienone is 1. The third-order valence-electron chi connectivity index (χ3n) is 4.56. The van der Waals surface area contributed by atoms with Gasteiger partial charge in [-0.3, -0.25) is 4.79 Å². The highest BCUT2D eigenvalue weighted by Gasteiger charge is 2.37. The second-order valence-electron chi connectivity index (χ2n) is 5.97. The lowest BCUT2D eigenvalue weighted by atomic mass is 9.94. The number of rotatable bonds is 3. The lowest BCUT2D eigenvalue weighted by molar-refractivity contribution is -0.118. The lowest BCUT2D eigenvalue weighted by Crippen LogP contribution is -2.19. The first-order chi connectivity index (χ1) is 10.5. The van der Waals surface area contributed by atoms with Gasteiger partial charge in [-0.2, -0.15) is 0 Å². The van der Waals surface area contributed by atoms with Gasteiger partial charge in [-0.05, 0) is 42.7 Å². The zero-order valence-electron chi connectivity index (χ0n) is 12.7. The summed E-state index contributed by atoms with van der Waals surface area (Å²) in [6.07, 6.45) is 7.39. The van der Waals surface area contributed by atoms with Crippen LogP contribution in [0.5, 0.6) is 5.75 Å². The number of ether oxygens (including phenoxy) is 1. The molecule has 0 N–H and O–H groups in total. The van der Waals surface area contributed by atoms with Crippen LogP contribution in [0.2, 0.25) is 0 Å². The van der Waals surface area contributed by atoms with Crippen molar-refractivity contribution in [3.63, 3.8) is 0 Å². The Morgan fingerprint density at radius 3 is 2.45 bits per heavy atom. The van der Waals surface area contributed by atoms with E-state index < -0.39 is 9.84 Å². The number of sulfone groups is 1. The van der Waals surface area contributed by atoms with Crippen LogP contribution in [0, 0.1) is 5.92 Å². The molecule has 0 spiro atoms. The van der Waals surface area contributed by atoms with Gasteiger partial charge in [0.25, 0.3) is 0 Å². The molecule has 1 fully saturated rings. The smallest absolute Gasteiger partial charge is 0.210 e. The van der Waals surface area contributed by atoms with Crippen LogP contribution in [0.25, 0.3) is 6.08 Å². The Morgan fingerprint density at radius 1 is 1.14 bits per heavy atom. The minimum atomic E-state index is -3.71. The highest BCUT2D eigenvalue weighted by molar-refractivity contribution is 7.96. The van der Waals surface area contributed by atoms with Gasteiger partial charge in [0.15, 0.2) is 5.78 Å². The summed E-state index contributed by atoms with van der Waals surface area (Å²) in [6.45, 7) is 0. The molecule has 1 aliphatic carbocycles. The van der Waals surface area contributed by atoms with Crippen LogP contribution in [0.4, 0.5) is 0 Å². The molecule has 2 aliphatic rings. The average molecular weight is 320 g/mol. The molecule has 0 radical (unpaired) electrons. The Bertz CT molecular complexity index is 723. The van der Waals surface area contributed by atoms with E-state index in [1.807, 2.05) is 0 Å². The van der Waals surface area contributed by atoms with Gasteiger partial charge < -0.3 is 4.74 Å². The Kier molecular flexibility index (Phi) is 4.08. The topological polar surface area (TPSA) is 60.4 Å². The van der Waals surface area contributed by atoms with Crippen molar-refractivity contribution in [2.24, 2.45) is 5.92 Å². The zero-order valence-corrected chi connectivity index (χ0v) is 13.5. The third kappa shape index (κ3) is 2.58. The van der Waals surface area contributed by atoms with E-state index in [0.29, 0.717) is 11.3 Å². The SMILES string of the molecule is COc1ccc2c(c1)S(=O)(=O)C(C(=O)C1CCCCCC1)=C2. The van der Waals surface area contributed by atoms with Crippen LogP contribution >= 0.6 is 0 Å². The normalized spacial score (nSPS) is 20.9. The van der Waals surface area contributed by atoms with Gasteiger partial charge in [0.1, 0.15) is 10.7 Å². The third-order valence-corrected chi connectivity index (χ3v) is 6.39. The van der Waals surface area contributed by atoms with Crippen LogP contribution in [0.15, 0.2) is 28.0 Å².